The minimum atomic E-state index is -0.382. The van der Waals surface area contributed by atoms with Gasteiger partial charge in [0.25, 0.3) is 0 Å². The molecule has 0 bridgehead atoms. The summed E-state index contributed by atoms with van der Waals surface area (Å²) in [5, 5.41) is 5.51. The lowest BCUT2D eigenvalue weighted by Crippen LogP contribution is -2.36. The third kappa shape index (κ3) is 5.53. The van der Waals surface area contributed by atoms with E-state index in [1.807, 2.05) is 0 Å². The van der Waals surface area contributed by atoms with Gasteiger partial charge in [0.05, 0.1) is 0 Å². The molecule has 2 amide bonds. The Labute approximate surface area is 124 Å². The number of rotatable bonds is 4. The fourth-order valence-electron chi connectivity index (χ4n) is 2.59. The molecule has 0 aromatic heterocycles. The fraction of sp³-hybridized carbons (Fsp3) is 0.500. The van der Waals surface area contributed by atoms with Gasteiger partial charge in [0.1, 0.15) is 12.2 Å². The van der Waals surface area contributed by atoms with E-state index in [-0.39, 0.29) is 30.1 Å². The van der Waals surface area contributed by atoms with Crippen LogP contribution in [0.5, 0.6) is 0 Å². The molecule has 0 heterocycles. The number of hydrogen-bond acceptors (Lipinski definition) is 2. The molecule has 0 unspecified atom stereocenters. The molecule has 21 heavy (non-hydrogen) atoms. The van der Waals surface area contributed by atoms with Gasteiger partial charge in [-0.1, -0.05) is 25.7 Å². The van der Waals surface area contributed by atoms with Gasteiger partial charge in [-0.2, -0.15) is 0 Å². The predicted molar refractivity (Wildman–Crippen MR) is 79.3 cm³/mol. The van der Waals surface area contributed by atoms with Crippen LogP contribution in [-0.4, -0.2) is 17.9 Å². The van der Waals surface area contributed by atoms with E-state index in [2.05, 4.69) is 10.6 Å². The quantitative estimate of drug-likeness (QED) is 0.662. The molecule has 1 aliphatic rings. The summed E-state index contributed by atoms with van der Waals surface area (Å²) in [5.74, 6) is -0.992. The molecule has 1 aromatic carbocycles. The topological polar surface area (TPSA) is 58.2 Å². The Morgan fingerprint density at radius 1 is 1.00 bits per heavy atom. The van der Waals surface area contributed by atoms with Gasteiger partial charge in [-0.05, 0) is 37.1 Å². The maximum absolute atomic E-state index is 12.8. The molecule has 1 saturated carbocycles. The van der Waals surface area contributed by atoms with Gasteiger partial charge in [-0.3, -0.25) is 9.59 Å². The van der Waals surface area contributed by atoms with Crippen LogP contribution < -0.4 is 10.6 Å². The van der Waals surface area contributed by atoms with Crippen LogP contribution >= 0.6 is 0 Å². The van der Waals surface area contributed by atoms with Crippen molar-refractivity contribution in [3.8, 4) is 0 Å². The molecule has 5 heteroatoms. The summed E-state index contributed by atoms with van der Waals surface area (Å²) < 4.78 is 12.8. The molecule has 0 atom stereocenters. The van der Waals surface area contributed by atoms with E-state index in [0.717, 1.165) is 25.7 Å². The first-order chi connectivity index (χ1) is 10.1. The van der Waals surface area contributed by atoms with E-state index in [1.54, 1.807) is 0 Å². The number of anilines is 1. The van der Waals surface area contributed by atoms with E-state index >= 15 is 0 Å². The van der Waals surface area contributed by atoms with Gasteiger partial charge < -0.3 is 10.6 Å². The second-order valence-electron chi connectivity index (χ2n) is 5.49. The van der Waals surface area contributed by atoms with Gasteiger partial charge in [-0.15, -0.1) is 0 Å². The lowest BCUT2D eigenvalue weighted by Gasteiger charge is -2.16. The van der Waals surface area contributed by atoms with E-state index in [4.69, 9.17) is 0 Å². The third-order valence-electron chi connectivity index (χ3n) is 3.67. The minimum Gasteiger partial charge on any atom is -0.353 e. The second kappa shape index (κ2) is 7.76. The number of carbonyl (C=O) groups is 2. The maximum Gasteiger partial charge on any atom is 0.233 e. The Kier molecular flexibility index (Phi) is 5.72. The molecule has 2 rings (SSSR count). The maximum atomic E-state index is 12.8. The smallest absolute Gasteiger partial charge is 0.233 e. The van der Waals surface area contributed by atoms with Crippen molar-refractivity contribution in [3.05, 3.63) is 30.1 Å². The van der Waals surface area contributed by atoms with Crippen molar-refractivity contribution in [1.82, 2.24) is 5.32 Å². The Hall–Kier alpha value is -1.91. The van der Waals surface area contributed by atoms with Gasteiger partial charge in [-0.25, -0.2) is 4.39 Å². The summed E-state index contributed by atoms with van der Waals surface area (Å²) in [5.41, 5.74) is 0.490. The molecule has 4 nitrogen and oxygen atoms in total. The average Bonchev–Trinajstić information content (AvgIpc) is 2.69. The van der Waals surface area contributed by atoms with Crippen molar-refractivity contribution >= 4 is 17.5 Å². The Morgan fingerprint density at radius 2 is 1.62 bits per heavy atom. The number of halogens is 1. The molecule has 1 aliphatic carbocycles. The van der Waals surface area contributed by atoms with E-state index in [1.165, 1.54) is 37.1 Å². The Bertz CT molecular complexity index is 480. The molecule has 0 saturated heterocycles. The second-order valence-corrected chi connectivity index (χ2v) is 5.49. The van der Waals surface area contributed by atoms with Crippen molar-refractivity contribution in [2.45, 2.75) is 51.0 Å². The minimum absolute atomic E-state index is 0.193. The zero-order valence-electron chi connectivity index (χ0n) is 12.0. The van der Waals surface area contributed by atoms with Crippen molar-refractivity contribution in [2.75, 3.05) is 5.32 Å². The first kappa shape index (κ1) is 15.5. The van der Waals surface area contributed by atoms with Crippen molar-refractivity contribution < 1.29 is 14.0 Å². The van der Waals surface area contributed by atoms with E-state index < -0.39 is 0 Å². The number of carbonyl (C=O) groups excluding carboxylic acids is 2. The zero-order valence-corrected chi connectivity index (χ0v) is 12.0. The molecular formula is C16H21FN2O2. The molecule has 1 fully saturated rings. The summed E-state index contributed by atoms with van der Waals surface area (Å²) in [6, 6.07) is 5.66. The summed E-state index contributed by atoms with van der Waals surface area (Å²) in [6.45, 7) is 0. The molecule has 114 valence electrons. The summed E-state index contributed by atoms with van der Waals surface area (Å²) in [6.07, 6.45) is 6.48. The van der Waals surface area contributed by atoms with E-state index in [0.29, 0.717) is 5.69 Å². The Morgan fingerprint density at radius 3 is 2.24 bits per heavy atom. The highest BCUT2D eigenvalue weighted by atomic mass is 19.1. The summed E-state index contributed by atoms with van der Waals surface area (Å²) in [4.78, 5) is 23.6. The highest BCUT2D eigenvalue weighted by molar-refractivity contribution is 6.03. The standard InChI is InChI=1S/C16H21FN2O2/c17-12-7-9-14(10-8-12)19-16(21)11-15(20)18-13-5-3-1-2-4-6-13/h7-10,13H,1-6,11H2,(H,18,20)(H,19,21). The van der Waals surface area contributed by atoms with Gasteiger partial charge in [0.15, 0.2) is 0 Å². The van der Waals surface area contributed by atoms with Gasteiger partial charge in [0.2, 0.25) is 11.8 Å². The lowest BCUT2D eigenvalue weighted by atomic mass is 10.1. The van der Waals surface area contributed by atoms with Crippen LogP contribution in [0.4, 0.5) is 10.1 Å². The molecule has 0 spiro atoms. The summed E-state index contributed by atoms with van der Waals surface area (Å²) >= 11 is 0. The average molecular weight is 292 g/mol. The van der Waals surface area contributed by atoms with Gasteiger partial charge >= 0.3 is 0 Å². The first-order valence-corrected chi connectivity index (χ1v) is 7.48. The third-order valence-corrected chi connectivity index (χ3v) is 3.67. The molecule has 0 radical (unpaired) electrons. The normalized spacial score (nSPS) is 16.0. The lowest BCUT2D eigenvalue weighted by molar-refractivity contribution is -0.127. The van der Waals surface area contributed by atoms with Crippen molar-refractivity contribution in [2.24, 2.45) is 0 Å². The van der Waals surface area contributed by atoms with Crippen LogP contribution in [0.15, 0.2) is 24.3 Å². The fourth-order valence-corrected chi connectivity index (χ4v) is 2.59. The van der Waals surface area contributed by atoms with Crippen LogP contribution in [0.25, 0.3) is 0 Å². The van der Waals surface area contributed by atoms with Crippen LogP contribution in [0.3, 0.4) is 0 Å². The molecule has 0 aliphatic heterocycles. The SMILES string of the molecule is O=C(CC(=O)NC1CCCCCC1)Nc1ccc(F)cc1. The zero-order chi connectivity index (χ0) is 15.1. The number of hydrogen-bond donors (Lipinski definition) is 2. The summed E-state index contributed by atoms with van der Waals surface area (Å²) in [7, 11) is 0. The van der Waals surface area contributed by atoms with Crippen LogP contribution in [0.2, 0.25) is 0 Å². The monoisotopic (exact) mass is 292 g/mol. The van der Waals surface area contributed by atoms with E-state index in [9.17, 15) is 14.0 Å². The molecular weight excluding hydrogens is 271 g/mol. The first-order valence-electron chi connectivity index (χ1n) is 7.48. The predicted octanol–water partition coefficient (Wildman–Crippen LogP) is 2.99. The van der Waals surface area contributed by atoms with Crippen molar-refractivity contribution in [1.29, 1.82) is 0 Å². The Balaban J connectivity index is 1.76. The van der Waals surface area contributed by atoms with Gasteiger partial charge in [0, 0.05) is 11.7 Å². The highest BCUT2D eigenvalue weighted by Gasteiger charge is 2.16. The van der Waals surface area contributed by atoms with Crippen LogP contribution in [0.1, 0.15) is 44.9 Å². The van der Waals surface area contributed by atoms with Crippen LogP contribution in [0, 0.1) is 5.82 Å². The largest absolute Gasteiger partial charge is 0.353 e. The van der Waals surface area contributed by atoms with Crippen molar-refractivity contribution in [3.63, 3.8) is 0 Å². The number of benzene rings is 1. The number of amides is 2. The van der Waals surface area contributed by atoms with Crippen LogP contribution in [-0.2, 0) is 9.59 Å². The molecule has 2 N–H and O–H groups in total. The highest BCUT2D eigenvalue weighted by Crippen LogP contribution is 2.17. The number of nitrogens with one attached hydrogen (secondary N) is 2. The molecule has 1 aromatic rings.